The molecule has 3 unspecified atom stereocenters. The largest absolute Gasteiger partial charge is 0.436 e. The summed E-state index contributed by atoms with van der Waals surface area (Å²) >= 11 is 0. The first-order chi connectivity index (χ1) is 16.9. The minimum absolute atomic E-state index is 0.0635. The maximum absolute atomic E-state index is 14.8. The van der Waals surface area contributed by atoms with Crippen molar-refractivity contribution in [3.05, 3.63) is 55.1 Å². The Hall–Kier alpha value is -3.31. The second-order valence-electron chi connectivity index (χ2n) is 7.81. The first-order valence-corrected chi connectivity index (χ1v) is 11.9. The molecule has 0 saturated carbocycles. The Balaban J connectivity index is 1.28. The van der Waals surface area contributed by atoms with Crippen molar-refractivity contribution in [1.29, 1.82) is 0 Å². The smallest absolute Gasteiger partial charge is 0.318 e. The lowest BCUT2D eigenvalue weighted by molar-refractivity contribution is -0.107. The number of hydrogen-bond acceptors (Lipinski definition) is 9. The maximum Gasteiger partial charge on any atom is 0.318 e. The first kappa shape index (κ1) is 23.4. The highest BCUT2D eigenvalue weighted by molar-refractivity contribution is 7.45. The molecule has 3 N–H and O–H groups in total. The molecule has 10 nitrogen and oxygen atoms in total. The van der Waals surface area contributed by atoms with Gasteiger partial charge >= 0.3 is 8.53 Å². The van der Waals surface area contributed by atoms with Crippen LogP contribution in [0.15, 0.2) is 55.1 Å². The predicted octanol–water partition coefficient (Wildman–Crippen LogP) is 3.60. The summed E-state index contributed by atoms with van der Waals surface area (Å²) < 4.78 is 48.2. The quantitative estimate of drug-likeness (QED) is 0.261. The summed E-state index contributed by atoms with van der Waals surface area (Å²) in [5.41, 5.74) is 6.39. The fourth-order valence-corrected chi connectivity index (χ4v) is 4.79. The van der Waals surface area contributed by atoms with Crippen LogP contribution < -0.4 is 15.3 Å². The van der Waals surface area contributed by atoms with Gasteiger partial charge in [-0.25, -0.2) is 28.8 Å². The number of imidazole rings is 1. The van der Waals surface area contributed by atoms with Crippen molar-refractivity contribution >= 4 is 42.6 Å². The zero-order chi connectivity index (χ0) is 24.4. The third-order valence-electron chi connectivity index (χ3n) is 5.49. The summed E-state index contributed by atoms with van der Waals surface area (Å²) in [6.45, 7) is -0.523. The van der Waals surface area contributed by atoms with Crippen LogP contribution in [0.25, 0.3) is 21.9 Å². The predicted molar refractivity (Wildman–Crippen MR) is 125 cm³/mol. The van der Waals surface area contributed by atoms with E-state index in [0.717, 1.165) is 10.8 Å². The molecule has 2 aromatic carbocycles. The van der Waals surface area contributed by atoms with Crippen LogP contribution in [0.3, 0.4) is 0 Å². The molecule has 3 atom stereocenters. The normalized spacial score (nSPS) is 20.3. The number of alkyl halides is 2. The van der Waals surface area contributed by atoms with Gasteiger partial charge in [-0.2, -0.15) is 0 Å². The number of benzene rings is 2. The number of carbonyl (C=O) groups excluding carboxylic acids is 1. The zero-order valence-corrected chi connectivity index (χ0v) is 19.1. The van der Waals surface area contributed by atoms with Gasteiger partial charge in [-0.05, 0) is 22.9 Å². The highest BCUT2D eigenvalue weighted by Crippen LogP contribution is 2.44. The summed E-state index contributed by atoms with van der Waals surface area (Å²) in [5, 5.41) is 4.76. The lowest BCUT2D eigenvalue weighted by Gasteiger charge is -2.22. The molecule has 4 aromatic rings. The third-order valence-corrected chi connectivity index (χ3v) is 6.69. The molecule has 1 aliphatic rings. The van der Waals surface area contributed by atoms with Gasteiger partial charge in [0.2, 0.25) is 0 Å². The number of aromatic nitrogens is 4. The number of carbonyl (C=O) groups is 1. The minimum atomic E-state index is -3.19. The minimum Gasteiger partial charge on any atom is -0.436 e. The van der Waals surface area contributed by atoms with Crippen molar-refractivity contribution in [3.8, 4) is 5.75 Å². The summed E-state index contributed by atoms with van der Waals surface area (Å²) in [4.78, 5) is 22.9. The van der Waals surface area contributed by atoms with Crippen molar-refractivity contribution in [3.63, 3.8) is 0 Å². The fraction of sp³-hybridized carbons (Fsp3) is 0.273. The Morgan fingerprint density at radius 2 is 2.06 bits per heavy atom. The number of rotatable bonds is 9. The van der Waals surface area contributed by atoms with E-state index in [1.165, 1.54) is 17.2 Å². The molecular formula is C22H21F2N6O4P. The fourth-order valence-electron chi connectivity index (χ4n) is 3.78. The topological polar surface area (TPSA) is 126 Å². The van der Waals surface area contributed by atoms with Crippen LogP contribution in [0.2, 0.25) is 0 Å². The molecule has 0 spiro atoms. The van der Waals surface area contributed by atoms with E-state index >= 15 is 0 Å². The lowest BCUT2D eigenvalue weighted by atomic mass is 10.1. The van der Waals surface area contributed by atoms with Gasteiger partial charge in [0.05, 0.1) is 25.9 Å². The van der Waals surface area contributed by atoms with Crippen LogP contribution in [0.4, 0.5) is 14.6 Å². The van der Waals surface area contributed by atoms with E-state index in [1.54, 1.807) is 6.07 Å². The van der Waals surface area contributed by atoms with Crippen molar-refractivity contribution in [2.24, 2.45) is 0 Å². The summed E-state index contributed by atoms with van der Waals surface area (Å²) in [6, 6.07) is 13.1. The molecule has 0 radical (unpaired) electrons. The van der Waals surface area contributed by atoms with Gasteiger partial charge in [0.25, 0.3) is 5.92 Å². The molecule has 1 saturated heterocycles. The van der Waals surface area contributed by atoms with Crippen LogP contribution in [0, 0.1) is 0 Å². The Morgan fingerprint density at radius 3 is 2.89 bits per heavy atom. The molecule has 3 heterocycles. The number of nitrogens with zero attached hydrogens (tertiary/aromatic N) is 4. The number of nitrogens with one attached hydrogen (secondary N) is 1. The van der Waals surface area contributed by atoms with Gasteiger partial charge in [-0.1, -0.05) is 30.3 Å². The molecule has 1 fully saturated rings. The van der Waals surface area contributed by atoms with E-state index < -0.39 is 39.8 Å². The number of nitrogen functional groups attached to an aromatic ring is 1. The van der Waals surface area contributed by atoms with E-state index in [-0.39, 0.29) is 12.4 Å². The lowest BCUT2D eigenvalue weighted by Crippen LogP contribution is -2.33. The molecule has 1 aliphatic heterocycles. The second-order valence-corrected chi connectivity index (χ2v) is 9.08. The SMILES string of the molecule is Nc1ncnc2c1ncn2C1CC(F)(F)C(COP(NCC=O)Oc2ccc3ccccc3c2)O1. The molecular weight excluding hydrogens is 481 g/mol. The molecule has 182 valence electrons. The zero-order valence-electron chi connectivity index (χ0n) is 18.3. The number of ether oxygens (including phenoxy) is 1. The Morgan fingerprint density at radius 1 is 1.23 bits per heavy atom. The second kappa shape index (κ2) is 9.74. The van der Waals surface area contributed by atoms with Crippen LogP contribution in [0.5, 0.6) is 5.75 Å². The van der Waals surface area contributed by atoms with E-state index in [9.17, 15) is 13.6 Å². The molecule has 0 aliphatic carbocycles. The Bertz CT molecular complexity index is 1360. The van der Waals surface area contributed by atoms with Gasteiger partial charge in [0.15, 0.2) is 11.5 Å². The summed E-state index contributed by atoms with van der Waals surface area (Å²) in [5.74, 6) is -2.56. The maximum atomic E-state index is 14.8. The monoisotopic (exact) mass is 502 g/mol. The summed E-state index contributed by atoms with van der Waals surface area (Å²) in [7, 11) is -1.90. The van der Waals surface area contributed by atoms with Crippen molar-refractivity contribution in [2.75, 3.05) is 18.9 Å². The number of nitrogens with two attached hydrogens (primary N) is 1. The van der Waals surface area contributed by atoms with E-state index in [0.29, 0.717) is 23.2 Å². The molecule has 35 heavy (non-hydrogen) atoms. The number of aldehydes is 1. The van der Waals surface area contributed by atoms with Crippen molar-refractivity contribution in [1.82, 2.24) is 24.6 Å². The molecule has 0 bridgehead atoms. The van der Waals surface area contributed by atoms with Gasteiger partial charge < -0.3 is 24.3 Å². The highest BCUT2D eigenvalue weighted by atomic mass is 31.2. The van der Waals surface area contributed by atoms with Gasteiger partial charge in [-0.15, -0.1) is 0 Å². The Kier molecular flexibility index (Phi) is 6.52. The molecule has 13 heteroatoms. The number of fused-ring (bicyclic) bond motifs is 2. The van der Waals surface area contributed by atoms with Crippen LogP contribution >= 0.6 is 8.53 Å². The van der Waals surface area contributed by atoms with Crippen LogP contribution in [-0.2, 0) is 14.1 Å². The Labute approximate surface area is 199 Å². The molecule has 2 aromatic heterocycles. The van der Waals surface area contributed by atoms with Gasteiger partial charge in [0, 0.05) is 0 Å². The molecule has 5 rings (SSSR count). The highest BCUT2D eigenvalue weighted by Gasteiger charge is 2.51. The van der Waals surface area contributed by atoms with Gasteiger partial charge in [-0.3, -0.25) is 4.57 Å². The summed E-state index contributed by atoms with van der Waals surface area (Å²) in [6.07, 6.45) is 0.0554. The van der Waals surface area contributed by atoms with Crippen molar-refractivity contribution < 1.29 is 27.4 Å². The number of anilines is 1. The average Bonchev–Trinajstić information content (AvgIpc) is 3.41. The molecule has 0 amide bonds. The first-order valence-electron chi connectivity index (χ1n) is 10.7. The number of halogens is 2. The van der Waals surface area contributed by atoms with E-state index in [2.05, 4.69) is 20.0 Å². The van der Waals surface area contributed by atoms with E-state index in [4.69, 9.17) is 19.5 Å². The van der Waals surface area contributed by atoms with Gasteiger partial charge in [0.1, 0.15) is 36.2 Å². The number of hydrogen-bond donors (Lipinski definition) is 2. The van der Waals surface area contributed by atoms with E-state index in [1.807, 2.05) is 36.4 Å². The van der Waals surface area contributed by atoms with Crippen LogP contribution in [-0.4, -0.2) is 51.0 Å². The van der Waals surface area contributed by atoms with Crippen molar-refractivity contribution in [2.45, 2.75) is 24.7 Å². The average molecular weight is 502 g/mol. The third kappa shape index (κ3) is 4.92. The van der Waals surface area contributed by atoms with Crippen LogP contribution in [0.1, 0.15) is 12.6 Å². The standard InChI is InChI=1S/C22H21F2N6O4P/c23-22(24)10-18(30-13-28-19-20(25)26-12-27-21(19)30)33-17(22)11-32-35(29-7-8-31)34-16-6-5-14-3-1-2-4-15(14)9-16/h1-6,8-9,12-13,17-18,29H,7,10-11H2,(H2,25,26,27).